The summed E-state index contributed by atoms with van der Waals surface area (Å²) in [4.78, 5) is 0. The summed E-state index contributed by atoms with van der Waals surface area (Å²) < 4.78 is 0. The topological polar surface area (TPSA) is 0 Å². The predicted molar refractivity (Wildman–Crippen MR) is 52.9 cm³/mol. The molecule has 0 nitrogen and oxygen atoms in total. The van der Waals surface area contributed by atoms with Crippen LogP contribution in [-0.4, -0.2) is 15.6 Å². The molecule has 0 spiro atoms. The zero-order valence-corrected chi connectivity index (χ0v) is 8.20. The van der Waals surface area contributed by atoms with Gasteiger partial charge in [-0.1, -0.05) is 19.1 Å². The van der Waals surface area contributed by atoms with Crippen molar-refractivity contribution in [1.29, 1.82) is 0 Å². The van der Waals surface area contributed by atoms with Gasteiger partial charge < -0.3 is 0 Å². The average Bonchev–Trinajstić information content (AvgIpc) is 2.61. The number of hydrogen-bond donors (Lipinski definition) is 0. The molecule has 0 radical (unpaired) electrons. The molecule has 2 heteroatoms. The number of hydrogen-bond acceptors (Lipinski definition) is 2. The summed E-state index contributed by atoms with van der Waals surface area (Å²) in [6.45, 7) is 2.43. The van der Waals surface area contributed by atoms with Gasteiger partial charge in [0.1, 0.15) is 0 Å². The smallest absolute Gasteiger partial charge is 0.0398 e. The van der Waals surface area contributed by atoms with Crippen molar-refractivity contribution in [3.63, 3.8) is 0 Å². The highest BCUT2D eigenvalue weighted by atomic mass is 32.2. The normalized spacial score (nSPS) is 58.8. The Morgan fingerprint density at radius 3 is 2.18 bits per heavy atom. The molecular weight excluding hydrogens is 172 g/mol. The molecule has 3 aliphatic rings. The van der Waals surface area contributed by atoms with Gasteiger partial charge in [-0.15, -0.1) is 23.5 Å². The van der Waals surface area contributed by atoms with Crippen molar-refractivity contribution in [3.8, 4) is 0 Å². The van der Waals surface area contributed by atoms with Crippen LogP contribution in [0.3, 0.4) is 0 Å². The molecule has 1 heterocycles. The Morgan fingerprint density at radius 2 is 1.64 bits per heavy atom. The molecule has 2 bridgehead atoms. The van der Waals surface area contributed by atoms with Gasteiger partial charge in [-0.25, -0.2) is 0 Å². The van der Waals surface area contributed by atoms with Gasteiger partial charge in [0.05, 0.1) is 0 Å². The van der Waals surface area contributed by atoms with Crippen LogP contribution in [0.5, 0.6) is 0 Å². The van der Waals surface area contributed by atoms with E-state index in [-0.39, 0.29) is 0 Å². The average molecular weight is 184 g/mol. The Kier molecular flexibility index (Phi) is 1.40. The molecule has 60 valence electrons. The highest BCUT2D eigenvalue weighted by molar-refractivity contribution is 8.19. The van der Waals surface area contributed by atoms with Crippen LogP contribution in [-0.2, 0) is 0 Å². The van der Waals surface area contributed by atoms with E-state index in [4.69, 9.17) is 0 Å². The van der Waals surface area contributed by atoms with Crippen LogP contribution in [0.1, 0.15) is 6.92 Å². The molecule has 1 saturated heterocycles. The molecule has 4 unspecified atom stereocenters. The van der Waals surface area contributed by atoms with Crippen molar-refractivity contribution < 1.29 is 0 Å². The minimum atomic E-state index is 0.921. The SMILES string of the molecule is CC1C2C=CC1C1SCSC21. The summed E-state index contributed by atoms with van der Waals surface area (Å²) in [5, 5.41) is 3.30. The summed E-state index contributed by atoms with van der Waals surface area (Å²) in [5.41, 5.74) is 0. The van der Waals surface area contributed by atoms with Gasteiger partial charge in [-0.2, -0.15) is 0 Å². The summed E-state index contributed by atoms with van der Waals surface area (Å²) in [5.74, 6) is 2.79. The van der Waals surface area contributed by atoms with Gasteiger partial charge in [0.15, 0.2) is 0 Å². The van der Waals surface area contributed by atoms with E-state index in [1.807, 2.05) is 0 Å². The summed E-state index contributed by atoms with van der Waals surface area (Å²) in [7, 11) is 0. The van der Waals surface area contributed by atoms with Crippen LogP contribution in [0.2, 0.25) is 0 Å². The first-order valence-corrected chi connectivity index (χ1v) is 6.39. The minimum Gasteiger partial charge on any atom is -0.146 e. The first-order chi connectivity index (χ1) is 5.38. The number of thioether (sulfide) groups is 2. The fourth-order valence-electron chi connectivity index (χ4n) is 2.73. The van der Waals surface area contributed by atoms with Crippen molar-refractivity contribution in [3.05, 3.63) is 12.2 Å². The van der Waals surface area contributed by atoms with E-state index in [9.17, 15) is 0 Å². The van der Waals surface area contributed by atoms with E-state index in [0.29, 0.717) is 0 Å². The Hall–Kier alpha value is 0.440. The van der Waals surface area contributed by atoms with E-state index in [1.165, 1.54) is 5.08 Å². The van der Waals surface area contributed by atoms with E-state index in [0.717, 1.165) is 28.3 Å². The predicted octanol–water partition coefficient (Wildman–Crippen LogP) is 2.61. The zero-order chi connectivity index (χ0) is 7.42. The maximum absolute atomic E-state index is 2.47. The molecule has 2 fully saturated rings. The molecule has 0 aromatic carbocycles. The van der Waals surface area contributed by atoms with E-state index in [2.05, 4.69) is 42.6 Å². The first-order valence-electron chi connectivity index (χ1n) is 4.29. The van der Waals surface area contributed by atoms with E-state index >= 15 is 0 Å². The van der Waals surface area contributed by atoms with Crippen LogP contribution >= 0.6 is 23.5 Å². The molecule has 2 aliphatic carbocycles. The van der Waals surface area contributed by atoms with Crippen molar-refractivity contribution >= 4 is 23.5 Å². The molecular formula is C9H12S2. The molecule has 3 rings (SSSR count). The fraction of sp³-hybridized carbons (Fsp3) is 0.778. The van der Waals surface area contributed by atoms with Crippen LogP contribution in [0.15, 0.2) is 12.2 Å². The zero-order valence-electron chi connectivity index (χ0n) is 6.57. The van der Waals surface area contributed by atoms with Gasteiger partial charge in [0.25, 0.3) is 0 Å². The Balaban J connectivity index is 1.99. The minimum absolute atomic E-state index is 0.921. The van der Waals surface area contributed by atoms with Crippen LogP contribution in [0.25, 0.3) is 0 Å². The van der Waals surface area contributed by atoms with Gasteiger partial charge >= 0.3 is 0 Å². The second-order valence-corrected chi connectivity index (χ2v) is 6.48. The lowest BCUT2D eigenvalue weighted by Gasteiger charge is -2.17. The molecule has 0 amide bonds. The van der Waals surface area contributed by atoms with Crippen molar-refractivity contribution in [2.45, 2.75) is 17.4 Å². The molecule has 0 N–H and O–H groups in total. The molecule has 4 atom stereocenters. The lowest BCUT2D eigenvalue weighted by molar-refractivity contribution is 0.477. The van der Waals surface area contributed by atoms with E-state index < -0.39 is 0 Å². The Labute approximate surface area is 76.2 Å². The molecule has 1 saturated carbocycles. The quantitative estimate of drug-likeness (QED) is 0.531. The van der Waals surface area contributed by atoms with Crippen LogP contribution in [0, 0.1) is 17.8 Å². The third-order valence-electron chi connectivity index (χ3n) is 3.37. The lowest BCUT2D eigenvalue weighted by Crippen LogP contribution is -2.19. The van der Waals surface area contributed by atoms with Crippen molar-refractivity contribution in [1.82, 2.24) is 0 Å². The maximum Gasteiger partial charge on any atom is 0.0398 e. The summed E-state index contributed by atoms with van der Waals surface area (Å²) in [6.07, 6.45) is 4.94. The second-order valence-electron chi connectivity index (χ2n) is 3.78. The molecule has 1 aliphatic heterocycles. The van der Waals surface area contributed by atoms with Crippen molar-refractivity contribution in [2.75, 3.05) is 5.08 Å². The number of fused-ring (bicyclic) bond motifs is 5. The molecule has 0 aromatic heterocycles. The van der Waals surface area contributed by atoms with Crippen molar-refractivity contribution in [2.24, 2.45) is 17.8 Å². The summed E-state index contributed by atoms with van der Waals surface area (Å²) >= 11 is 4.38. The Morgan fingerprint density at radius 1 is 1.09 bits per heavy atom. The summed E-state index contributed by atoms with van der Waals surface area (Å²) in [6, 6.07) is 0. The van der Waals surface area contributed by atoms with Crippen LogP contribution < -0.4 is 0 Å². The third kappa shape index (κ3) is 0.752. The lowest BCUT2D eigenvalue weighted by atomic mass is 9.99. The van der Waals surface area contributed by atoms with E-state index in [1.54, 1.807) is 0 Å². The highest BCUT2D eigenvalue weighted by Crippen LogP contribution is 2.58. The Bertz CT molecular complexity index is 192. The maximum atomic E-state index is 2.47. The largest absolute Gasteiger partial charge is 0.146 e. The molecule has 0 aromatic rings. The molecule has 11 heavy (non-hydrogen) atoms. The highest BCUT2D eigenvalue weighted by Gasteiger charge is 2.52. The standard InChI is InChI=1S/C9H12S2/c1-5-6-2-3-7(5)9-8(6)10-4-11-9/h2-3,5-9H,4H2,1H3. The second kappa shape index (κ2) is 2.23. The van der Waals surface area contributed by atoms with Crippen LogP contribution in [0.4, 0.5) is 0 Å². The number of allylic oxidation sites excluding steroid dienone is 2. The first kappa shape index (κ1) is 6.90. The van der Waals surface area contributed by atoms with Gasteiger partial charge in [-0.05, 0) is 17.8 Å². The van der Waals surface area contributed by atoms with Gasteiger partial charge in [-0.3, -0.25) is 0 Å². The van der Waals surface area contributed by atoms with Gasteiger partial charge in [0.2, 0.25) is 0 Å². The van der Waals surface area contributed by atoms with Gasteiger partial charge in [0, 0.05) is 15.6 Å². The number of rotatable bonds is 0. The monoisotopic (exact) mass is 184 g/mol. The third-order valence-corrected chi connectivity index (χ3v) is 6.62. The fourth-order valence-corrected chi connectivity index (χ4v) is 6.63.